The molecule has 0 radical (unpaired) electrons. The molecular weight excluding hydrogens is 288 g/mol. The van der Waals surface area contributed by atoms with Crippen molar-refractivity contribution in [2.45, 2.75) is 80.1 Å². The largest absolute Gasteiger partial charge is 0.103 e. The van der Waals surface area contributed by atoms with Crippen LogP contribution in [-0.2, 0) is 0 Å². The smallest absolute Gasteiger partial charge is 0.0353 e. The molecule has 0 bridgehead atoms. The van der Waals surface area contributed by atoms with Crippen molar-refractivity contribution in [3.05, 3.63) is 75.9 Å². The molecule has 0 aliphatic heterocycles. The third kappa shape index (κ3) is 392. The van der Waals surface area contributed by atoms with E-state index in [2.05, 4.69) is 53.3 Å². The van der Waals surface area contributed by atoms with Crippen molar-refractivity contribution < 1.29 is 0 Å². The van der Waals surface area contributed by atoms with Crippen molar-refractivity contribution in [2.24, 2.45) is 0 Å². The number of unbranched alkanes of at least 4 members (excludes halogenated alkanes) is 4. The standard InChI is InChI=1S/C8H16.C4H8.4C3H6/c1-3-5-7-8-6-4-2;1-3-4-2;4*1-3-2/h3H,1,4-8H2,2H3;3H,1,4H2,2H3;4*3H,1H2,2H3. The van der Waals surface area contributed by atoms with Crippen molar-refractivity contribution in [3.63, 3.8) is 0 Å². The van der Waals surface area contributed by atoms with Gasteiger partial charge in [0, 0.05) is 0 Å². The van der Waals surface area contributed by atoms with Crippen LogP contribution in [0, 0.1) is 0 Å². The maximum absolute atomic E-state index is 3.66. The molecule has 0 saturated heterocycles. The summed E-state index contributed by atoms with van der Waals surface area (Å²) in [6.45, 7) is 32.4. The molecule has 0 fully saturated rings. The second-order valence-corrected chi connectivity index (χ2v) is 4.47. The van der Waals surface area contributed by atoms with Gasteiger partial charge in [-0.2, -0.15) is 0 Å². The third-order valence-corrected chi connectivity index (χ3v) is 1.55. The van der Waals surface area contributed by atoms with Crippen LogP contribution in [-0.4, -0.2) is 0 Å². The van der Waals surface area contributed by atoms with Crippen LogP contribution in [0.4, 0.5) is 0 Å². The van der Waals surface area contributed by atoms with Gasteiger partial charge in [-0.15, -0.1) is 39.5 Å². The first kappa shape index (κ1) is 38.2. The van der Waals surface area contributed by atoms with E-state index in [0.717, 1.165) is 6.42 Å². The molecular formula is C24H48. The van der Waals surface area contributed by atoms with Gasteiger partial charge in [0.15, 0.2) is 0 Å². The van der Waals surface area contributed by atoms with E-state index in [4.69, 9.17) is 0 Å². The second kappa shape index (κ2) is 82.2. The lowest BCUT2D eigenvalue weighted by Crippen LogP contribution is -1.71. The van der Waals surface area contributed by atoms with Gasteiger partial charge in [-0.25, -0.2) is 0 Å². The Kier molecular flexibility index (Phi) is 131. The molecule has 0 nitrogen and oxygen atoms in total. The number of hydrogen-bond acceptors (Lipinski definition) is 0. The molecule has 144 valence electrons. The van der Waals surface area contributed by atoms with Crippen molar-refractivity contribution in [1.82, 2.24) is 0 Å². The van der Waals surface area contributed by atoms with Crippen LogP contribution in [0.3, 0.4) is 0 Å². The van der Waals surface area contributed by atoms with Crippen LogP contribution < -0.4 is 0 Å². The number of allylic oxidation sites excluding steroid dienone is 6. The average molecular weight is 337 g/mol. The summed E-state index contributed by atoms with van der Waals surface area (Å²) in [5, 5.41) is 0. The minimum absolute atomic E-state index is 1.08. The van der Waals surface area contributed by atoms with E-state index in [9.17, 15) is 0 Å². The molecule has 0 aromatic heterocycles. The fourth-order valence-corrected chi connectivity index (χ4v) is 0.715. The summed E-state index contributed by atoms with van der Waals surface area (Å²) >= 11 is 0. The Bertz CT molecular complexity index is 184. The summed E-state index contributed by atoms with van der Waals surface area (Å²) in [6, 6.07) is 0. The summed E-state index contributed by atoms with van der Waals surface area (Å²) in [4.78, 5) is 0. The van der Waals surface area contributed by atoms with Crippen LogP contribution in [0.2, 0.25) is 0 Å². The highest BCUT2D eigenvalue weighted by atomic mass is 13.9. The molecule has 0 saturated carbocycles. The Morgan fingerprint density at radius 2 is 0.833 bits per heavy atom. The number of hydrogen-bond donors (Lipinski definition) is 0. The lowest BCUT2D eigenvalue weighted by Gasteiger charge is -1.91. The quantitative estimate of drug-likeness (QED) is 0.334. The van der Waals surface area contributed by atoms with Crippen molar-refractivity contribution in [3.8, 4) is 0 Å². The molecule has 0 aliphatic carbocycles. The highest BCUT2D eigenvalue weighted by molar-refractivity contribution is 4.65. The zero-order chi connectivity index (χ0) is 20.5. The Labute approximate surface area is 156 Å². The highest BCUT2D eigenvalue weighted by Crippen LogP contribution is 2.01. The van der Waals surface area contributed by atoms with Gasteiger partial charge in [-0.1, -0.05) is 69.6 Å². The number of rotatable bonds is 6. The monoisotopic (exact) mass is 336 g/mol. The predicted molar refractivity (Wildman–Crippen MR) is 123 cm³/mol. The topological polar surface area (TPSA) is 0 Å². The van der Waals surface area contributed by atoms with Crippen LogP contribution in [0.1, 0.15) is 80.1 Å². The highest BCUT2D eigenvalue weighted by Gasteiger charge is 1.81. The molecule has 0 aromatic carbocycles. The average Bonchev–Trinajstić information content (AvgIpc) is 2.55. The third-order valence-electron chi connectivity index (χ3n) is 1.55. The fraction of sp³-hybridized carbons (Fsp3) is 0.500. The molecule has 0 unspecified atom stereocenters. The van der Waals surface area contributed by atoms with Gasteiger partial charge >= 0.3 is 0 Å². The summed E-state index contributed by atoms with van der Waals surface area (Å²) in [5.74, 6) is 0. The first-order chi connectivity index (χ1) is 11.5. The van der Waals surface area contributed by atoms with Gasteiger partial charge in [-0.3, -0.25) is 0 Å². The molecule has 0 aromatic rings. The zero-order valence-electron chi connectivity index (χ0n) is 17.9. The van der Waals surface area contributed by atoms with E-state index < -0.39 is 0 Å². The van der Waals surface area contributed by atoms with Gasteiger partial charge in [-0.05, 0) is 47.0 Å². The van der Waals surface area contributed by atoms with Gasteiger partial charge in [0.2, 0.25) is 0 Å². The summed E-state index contributed by atoms with van der Waals surface area (Å²) in [7, 11) is 0. The lowest BCUT2D eigenvalue weighted by molar-refractivity contribution is 0.675. The summed E-state index contributed by atoms with van der Waals surface area (Å²) in [6.07, 6.45) is 18.6. The van der Waals surface area contributed by atoms with Gasteiger partial charge in [0.05, 0.1) is 0 Å². The fourth-order valence-electron chi connectivity index (χ4n) is 0.715. The minimum Gasteiger partial charge on any atom is -0.103 e. The van der Waals surface area contributed by atoms with E-state index in [1.165, 1.54) is 32.1 Å². The predicted octanol–water partition coefficient (Wildman–Crippen LogP) is 9.49. The van der Waals surface area contributed by atoms with E-state index in [0.29, 0.717) is 0 Å². The van der Waals surface area contributed by atoms with Crippen LogP contribution >= 0.6 is 0 Å². The first-order valence-corrected chi connectivity index (χ1v) is 8.99. The summed E-state index contributed by atoms with van der Waals surface area (Å²) in [5.41, 5.74) is 0. The maximum Gasteiger partial charge on any atom is -0.0353 e. The lowest BCUT2D eigenvalue weighted by atomic mass is 10.2. The normalized spacial score (nSPS) is 6.25. The Hall–Kier alpha value is -1.56. The molecule has 0 heterocycles. The molecule has 0 N–H and O–H groups in total. The van der Waals surface area contributed by atoms with E-state index in [-0.39, 0.29) is 0 Å². The van der Waals surface area contributed by atoms with E-state index >= 15 is 0 Å². The van der Waals surface area contributed by atoms with Crippen LogP contribution in [0.15, 0.2) is 75.9 Å². The molecule has 0 atom stereocenters. The zero-order valence-corrected chi connectivity index (χ0v) is 17.9. The van der Waals surface area contributed by atoms with Crippen LogP contribution in [0.5, 0.6) is 0 Å². The molecule has 0 spiro atoms. The van der Waals surface area contributed by atoms with E-state index in [1.807, 2.05) is 39.8 Å². The second-order valence-electron chi connectivity index (χ2n) is 4.47. The van der Waals surface area contributed by atoms with Gasteiger partial charge in [0.1, 0.15) is 0 Å². The molecule has 0 heteroatoms. The molecule has 0 amide bonds. The molecule has 24 heavy (non-hydrogen) atoms. The van der Waals surface area contributed by atoms with Crippen molar-refractivity contribution in [2.75, 3.05) is 0 Å². The Morgan fingerprint density at radius 3 is 1.00 bits per heavy atom. The first-order valence-electron chi connectivity index (χ1n) is 8.99. The Balaban J connectivity index is -0.0000000436. The maximum atomic E-state index is 3.66. The van der Waals surface area contributed by atoms with Crippen molar-refractivity contribution >= 4 is 0 Å². The minimum atomic E-state index is 1.08. The van der Waals surface area contributed by atoms with Gasteiger partial charge < -0.3 is 0 Å². The Morgan fingerprint density at radius 1 is 0.542 bits per heavy atom. The molecule has 0 aliphatic rings. The molecule has 0 rings (SSSR count). The van der Waals surface area contributed by atoms with Crippen LogP contribution in [0.25, 0.3) is 0 Å². The SMILES string of the molecule is C=CC.C=CC.C=CC.C=CC.C=CCC.C=CCCCCCC. The van der Waals surface area contributed by atoms with Crippen molar-refractivity contribution in [1.29, 1.82) is 0 Å². The summed E-state index contributed by atoms with van der Waals surface area (Å²) < 4.78 is 0. The van der Waals surface area contributed by atoms with Gasteiger partial charge in [0.25, 0.3) is 0 Å². The van der Waals surface area contributed by atoms with E-state index in [1.54, 1.807) is 24.3 Å².